The Labute approximate surface area is 171 Å². The normalized spacial score (nSPS) is 12.2. The van der Waals surface area contributed by atoms with Crippen LogP contribution in [-0.2, 0) is 19.6 Å². The average molecular weight is 423 g/mol. The minimum Gasteiger partial charge on any atom is -0.497 e. The van der Waals surface area contributed by atoms with E-state index in [0.717, 1.165) is 11.3 Å². The van der Waals surface area contributed by atoms with Crippen molar-refractivity contribution in [3.8, 4) is 11.5 Å². The summed E-state index contributed by atoms with van der Waals surface area (Å²) in [6.45, 7) is 2.16. The molecule has 1 amide bonds. The first-order valence-electron chi connectivity index (χ1n) is 9.00. The molecule has 0 aliphatic rings. The lowest BCUT2D eigenvalue weighted by Gasteiger charge is -2.15. The van der Waals surface area contributed by atoms with E-state index >= 15 is 0 Å². The van der Waals surface area contributed by atoms with Crippen LogP contribution in [-0.4, -0.2) is 48.3 Å². The number of methoxy groups -OCH3 is 2. The molecule has 0 aliphatic heterocycles. The van der Waals surface area contributed by atoms with Gasteiger partial charge in [-0.25, -0.2) is 13.1 Å². The summed E-state index contributed by atoms with van der Waals surface area (Å²) in [5, 5.41) is 2.85. The van der Waals surface area contributed by atoms with Crippen LogP contribution in [0.4, 0.5) is 0 Å². The number of benzene rings is 2. The number of sulfonamides is 1. The highest BCUT2D eigenvalue weighted by Crippen LogP contribution is 2.18. The van der Waals surface area contributed by atoms with Crippen LogP contribution in [0.1, 0.15) is 18.5 Å². The molecule has 0 fully saturated rings. The van der Waals surface area contributed by atoms with Gasteiger partial charge in [-0.3, -0.25) is 4.79 Å². The van der Waals surface area contributed by atoms with Crippen molar-refractivity contribution in [3.63, 3.8) is 0 Å². The van der Waals surface area contributed by atoms with Gasteiger partial charge in [0.05, 0.1) is 24.7 Å². The number of amides is 1. The lowest BCUT2D eigenvalue weighted by atomic mass is 10.1. The molecule has 0 radical (unpaired) electrons. The third-order valence-corrected chi connectivity index (χ3v) is 5.57. The van der Waals surface area contributed by atoms with Crippen molar-refractivity contribution >= 4 is 15.9 Å². The summed E-state index contributed by atoms with van der Waals surface area (Å²) in [4.78, 5) is 12.2. The zero-order valence-corrected chi connectivity index (χ0v) is 17.5. The van der Waals surface area contributed by atoms with Gasteiger partial charge in [-0.05, 0) is 48.9 Å². The quantitative estimate of drug-likeness (QED) is 0.536. The maximum Gasteiger partial charge on any atom is 0.258 e. The zero-order valence-electron chi connectivity index (χ0n) is 16.7. The summed E-state index contributed by atoms with van der Waals surface area (Å²) < 4.78 is 42.0. The van der Waals surface area contributed by atoms with Crippen LogP contribution >= 0.6 is 0 Å². The summed E-state index contributed by atoms with van der Waals surface area (Å²) in [7, 11) is -0.517. The van der Waals surface area contributed by atoms with Gasteiger partial charge in [0.1, 0.15) is 11.5 Å². The summed E-state index contributed by atoms with van der Waals surface area (Å²) in [5.41, 5.74) is 0.940. The number of rotatable bonds is 11. The number of ether oxygens (including phenoxy) is 3. The molecule has 2 aromatic rings. The van der Waals surface area contributed by atoms with Crippen LogP contribution in [0.2, 0.25) is 0 Å². The summed E-state index contributed by atoms with van der Waals surface area (Å²) in [6, 6.07) is 13.1. The Hall–Kier alpha value is -2.62. The van der Waals surface area contributed by atoms with Crippen LogP contribution in [0.5, 0.6) is 11.5 Å². The van der Waals surface area contributed by atoms with E-state index in [9.17, 15) is 13.2 Å². The van der Waals surface area contributed by atoms with Crippen molar-refractivity contribution in [2.45, 2.75) is 17.9 Å². The van der Waals surface area contributed by atoms with Crippen LogP contribution in [0.15, 0.2) is 53.4 Å². The molecule has 158 valence electrons. The number of hydrogen-bond acceptors (Lipinski definition) is 6. The molecule has 0 aliphatic carbocycles. The molecule has 29 heavy (non-hydrogen) atoms. The van der Waals surface area contributed by atoms with E-state index < -0.39 is 10.0 Å². The highest BCUT2D eigenvalue weighted by molar-refractivity contribution is 7.89. The highest BCUT2D eigenvalue weighted by Gasteiger charge is 2.14. The van der Waals surface area contributed by atoms with Crippen LogP contribution in [0.3, 0.4) is 0 Å². The molecule has 9 heteroatoms. The first kappa shape index (κ1) is 22.7. The topological polar surface area (TPSA) is 103 Å². The molecule has 0 spiro atoms. The van der Waals surface area contributed by atoms with Crippen LogP contribution in [0.25, 0.3) is 0 Å². The van der Waals surface area contributed by atoms with Gasteiger partial charge >= 0.3 is 0 Å². The van der Waals surface area contributed by atoms with E-state index in [1.807, 2.05) is 31.2 Å². The van der Waals surface area contributed by atoms with E-state index in [0.29, 0.717) is 5.75 Å². The number of carbonyl (C=O) groups excluding carboxylic acids is 1. The molecule has 0 aromatic heterocycles. The fourth-order valence-corrected chi connectivity index (χ4v) is 3.50. The maximum atomic E-state index is 12.1. The fourth-order valence-electron chi connectivity index (χ4n) is 2.48. The molecule has 2 rings (SSSR count). The predicted molar refractivity (Wildman–Crippen MR) is 109 cm³/mol. The third kappa shape index (κ3) is 7.04. The lowest BCUT2D eigenvalue weighted by molar-refractivity contribution is -0.123. The molecule has 0 unspecified atom stereocenters. The molecule has 8 nitrogen and oxygen atoms in total. The molecular formula is C20H26N2O6S. The Kier molecular flexibility index (Phi) is 8.44. The minimum atomic E-state index is -3.61. The first-order valence-corrected chi connectivity index (χ1v) is 10.5. The van der Waals surface area contributed by atoms with E-state index in [1.54, 1.807) is 7.11 Å². The van der Waals surface area contributed by atoms with Gasteiger partial charge in [-0.2, -0.15) is 0 Å². The van der Waals surface area contributed by atoms with Gasteiger partial charge in [-0.15, -0.1) is 0 Å². The van der Waals surface area contributed by atoms with Gasteiger partial charge in [0.15, 0.2) is 6.61 Å². The fraction of sp³-hybridized carbons (Fsp3) is 0.350. The average Bonchev–Trinajstić information content (AvgIpc) is 2.72. The monoisotopic (exact) mass is 422 g/mol. The van der Waals surface area contributed by atoms with Gasteiger partial charge in [0, 0.05) is 13.7 Å². The Morgan fingerprint density at radius 1 is 1.00 bits per heavy atom. The Balaban J connectivity index is 1.85. The minimum absolute atomic E-state index is 0.110. The summed E-state index contributed by atoms with van der Waals surface area (Å²) in [6.07, 6.45) is 0. The second-order valence-electron chi connectivity index (χ2n) is 6.21. The predicted octanol–water partition coefficient (Wildman–Crippen LogP) is 1.88. The van der Waals surface area contributed by atoms with E-state index in [1.165, 1.54) is 31.4 Å². The smallest absolute Gasteiger partial charge is 0.258 e. The molecule has 0 saturated heterocycles. The lowest BCUT2D eigenvalue weighted by Crippen LogP contribution is -2.31. The molecule has 0 heterocycles. The Morgan fingerprint density at radius 2 is 1.62 bits per heavy atom. The second kappa shape index (κ2) is 10.8. The number of carbonyl (C=O) groups is 1. The number of nitrogens with one attached hydrogen (secondary N) is 2. The van der Waals surface area contributed by atoms with Crippen LogP contribution < -0.4 is 19.5 Å². The zero-order chi connectivity index (χ0) is 21.3. The molecule has 2 aromatic carbocycles. The summed E-state index contributed by atoms with van der Waals surface area (Å²) in [5.74, 6) is 0.856. The van der Waals surface area contributed by atoms with Crippen molar-refractivity contribution < 1.29 is 27.4 Å². The van der Waals surface area contributed by atoms with Gasteiger partial charge < -0.3 is 19.5 Å². The van der Waals surface area contributed by atoms with E-state index in [-0.39, 0.29) is 36.6 Å². The summed E-state index contributed by atoms with van der Waals surface area (Å²) >= 11 is 0. The van der Waals surface area contributed by atoms with Crippen molar-refractivity contribution in [1.82, 2.24) is 10.0 Å². The van der Waals surface area contributed by atoms with Crippen LogP contribution in [0, 0.1) is 0 Å². The van der Waals surface area contributed by atoms with Crippen molar-refractivity contribution in [2.24, 2.45) is 0 Å². The van der Waals surface area contributed by atoms with E-state index in [2.05, 4.69) is 10.0 Å². The van der Waals surface area contributed by atoms with Gasteiger partial charge in [0.25, 0.3) is 5.91 Å². The Bertz CT molecular complexity index is 882. The van der Waals surface area contributed by atoms with Crippen molar-refractivity contribution in [2.75, 3.05) is 34.0 Å². The maximum absolute atomic E-state index is 12.1. The molecule has 2 N–H and O–H groups in total. The molecule has 0 bridgehead atoms. The van der Waals surface area contributed by atoms with E-state index in [4.69, 9.17) is 14.2 Å². The highest BCUT2D eigenvalue weighted by atomic mass is 32.2. The SMILES string of the molecule is COCCNS(=O)(=O)c1ccc(OCC(=O)N[C@H](C)c2ccc(OC)cc2)cc1. The standard InChI is InChI=1S/C20H26N2O6S/c1-15(16-4-6-17(27-3)7-5-16)22-20(23)14-28-18-8-10-19(11-9-18)29(24,25)21-12-13-26-2/h4-11,15,21H,12-14H2,1-3H3,(H,22,23)/t15-/m1/s1. The Morgan fingerprint density at radius 3 is 2.21 bits per heavy atom. The van der Waals surface area contributed by atoms with Gasteiger partial charge in [0.2, 0.25) is 10.0 Å². The molecular weight excluding hydrogens is 396 g/mol. The second-order valence-corrected chi connectivity index (χ2v) is 7.98. The molecule has 1 atom stereocenters. The first-order chi connectivity index (χ1) is 13.9. The molecule has 0 saturated carbocycles. The number of hydrogen-bond donors (Lipinski definition) is 2. The van der Waals surface area contributed by atoms with Crippen molar-refractivity contribution in [1.29, 1.82) is 0 Å². The van der Waals surface area contributed by atoms with Gasteiger partial charge in [-0.1, -0.05) is 12.1 Å². The third-order valence-electron chi connectivity index (χ3n) is 4.10. The van der Waals surface area contributed by atoms with Crippen molar-refractivity contribution in [3.05, 3.63) is 54.1 Å². The largest absolute Gasteiger partial charge is 0.497 e.